The Kier molecular flexibility index (Phi) is 25.9. The summed E-state index contributed by atoms with van der Waals surface area (Å²) in [7, 11) is 0. The summed E-state index contributed by atoms with van der Waals surface area (Å²) in [6.07, 6.45) is 26.5. The molecule has 0 bridgehead atoms. The van der Waals surface area contributed by atoms with Crippen molar-refractivity contribution in [3.8, 4) is 0 Å². The number of benzene rings is 4. The fourth-order valence-electron chi connectivity index (χ4n) is 14.3. The lowest BCUT2D eigenvalue weighted by atomic mass is 9.80. The number of hydrogen-bond donors (Lipinski definition) is 4. The first-order valence-corrected chi connectivity index (χ1v) is 34.7. The Morgan fingerprint density at radius 2 is 0.467 bits per heavy atom. The van der Waals surface area contributed by atoms with Crippen LogP contribution in [-0.2, 0) is 64.6 Å². The minimum Gasteiger partial charge on any atom is -0.445 e. The fourth-order valence-corrected chi connectivity index (χ4v) is 14.3. The summed E-state index contributed by atoms with van der Waals surface area (Å²) in [6.45, 7) is 8.79. The van der Waals surface area contributed by atoms with Crippen molar-refractivity contribution in [3.05, 3.63) is 142 Å². The molecule has 0 aromatic heterocycles. The molecule has 4 amide bonds. The summed E-state index contributed by atoms with van der Waals surface area (Å²) in [5.41, 5.74) is 9.50. The molecule has 8 fully saturated rings. The van der Waals surface area contributed by atoms with Gasteiger partial charge in [-0.3, -0.25) is 19.2 Å². The van der Waals surface area contributed by atoms with Gasteiger partial charge in [0.25, 0.3) is 0 Å². The van der Waals surface area contributed by atoms with Crippen LogP contribution in [0.25, 0.3) is 0 Å². The van der Waals surface area contributed by atoms with Crippen molar-refractivity contribution in [1.82, 2.24) is 21.3 Å². The zero-order chi connectivity index (χ0) is 64.9. The molecule has 16 nitrogen and oxygen atoms in total. The topological polar surface area (TPSA) is 222 Å². The van der Waals surface area contributed by atoms with Crippen molar-refractivity contribution in [2.75, 3.05) is 0 Å². The third kappa shape index (κ3) is 20.3. The van der Waals surface area contributed by atoms with E-state index in [1.165, 1.54) is 151 Å². The van der Waals surface area contributed by atoms with Gasteiger partial charge < -0.3 is 40.2 Å². The highest BCUT2D eigenvalue weighted by molar-refractivity contribution is 5.95. The van der Waals surface area contributed by atoms with E-state index in [4.69, 9.17) is 18.9 Å². The predicted octanol–water partition coefficient (Wildman–Crippen LogP) is 15.8. The second-order valence-electron chi connectivity index (χ2n) is 27.7. The van der Waals surface area contributed by atoms with Crippen LogP contribution in [0.1, 0.15) is 250 Å². The van der Waals surface area contributed by atoms with Gasteiger partial charge in [-0.15, -0.1) is 0 Å². The average molecular weight is 1260 g/mol. The summed E-state index contributed by atoms with van der Waals surface area (Å²) in [5.74, 6) is 3.96. The van der Waals surface area contributed by atoms with Gasteiger partial charge in [-0.25, -0.2) is 19.2 Å². The molecule has 4 aromatic rings. The minimum atomic E-state index is -0.508. The van der Waals surface area contributed by atoms with Crippen molar-refractivity contribution >= 4 is 47.5 Å². The number of carbonyl (C=O) groups is 8. The van der Waals surface area contributed by atoms with E-state index in [0.29, 0.717) is 49.4 Å². The Bertz CT molecular complexity index is 2660. The van der Waals surface area contributed by atoms with Crippen LogP contribution in [-0.4, -0.2) is 71.7 Å². The summed E-state index contributed by atoms with van der Waals surface area (Å²) < 4.78 is 20.9. The normalized spacial score (nSPS) is 24.8. The largest absolute Gasteiger partial charge is 0.445 e. The number of nitrogens with one attached hydrogen (secondary N) is 4. The maximum atomic E-state index is 11.7. The maximum absolute atomic E-state index is 11.7. The molecular formula is C76H100N4O12. The Morgan fingerprint density at radius 3 is 0.620 bits per heavy atom. The monoisotopic (exact) mass is 1260 g/mol. The van der Waals surface area contributed by atoms with Crippen LogP contribution >= 0.6 is 0 Å². The van der Waals surface area contributed by atoms with Crippen LogP contribution in [0, 0.1) is 23.7 Å². The first-order chi connectivity index (χ1) is 44.5. The van der Waals surface area contributed by atoms with Crippen molar-refractivity contribution in [3.63, 3.8) is 0 Å². The molecular weight excluding hydrogens is 1160 g/mol. The fraction of sp³-hybridized carbons (Fsp3) is 0.579. The predicted molar refractivity (Wildman–Crippen MR) is 353 cm³/mol. The molecule has 16 heteroatoms. The molecule has 4 aromatic carbocycles. The number of carbonyl (C=O) groups excluding carboxylic acids is 8. The van der Waals surface area contributed by atoms with Crippen molar-refractivity contribution in [1.29, 1.82) is 0 Å². The van der Waals surface area contributed by atoms with Crippen LogP contribution < -0.4 is 21.3 Å². The number of ketones is 4. The van der Waals surface area contributed by atoms with E-state index in [2.05, 4.69) is 69.8 Å². The molecule has 8 aliphatic carbocycles. The lowest BCUT2D eigenvalue weighted by Crippen LogP contribution is -2.53. The highest BCUT2D eigenvalue weighted by atomic mass is 16.6. The Hall–Kier alpha value is -7.36. The molecule has 0 radical (unpaired) electrons. The van der Waals surface area contributed by atoms with Gasteiger partial charge in [-0.2, -0.15) is 0 Å². The number of alkyl carbamates (subject to hydrolysis) is 4. The molecule has 0 heterocycles. The van der Waals surface area contributed by atoms with E-state index >= 15 is 0 Å². The third-order valence-electron chi connectivity index (χ3n) is 20.6. The van der Waals surface area contributed by atoms with Gasteiger partial charge in [-0.1, -0.05) is 202 Å². The summed E-state index contributed by atoms with van der Waals surface area (Å²) in [5, 5.41) is 10.6. The molecule has 0 spiro atoms. The van der Waals surface area contributed by atoms with Gasteiger partial charge in [0.2, 0.25) is 0 Å². The summed E-state index contributed by atoms with van der Waals surface area (Å²) in [4.78, 5) is 92.4. The quantitative estimate of drug-likeness (QED) is 0.0770. The molecule has 4 N–H and O–H groups in total. The van der Waals surface area contributed by atoms with E-state index in [1.807, 2.05) is 76.2 Å². The maximum Gasteiger partial charge on any atom is 0.408 e. The van der Waals surface area contributed by atoms with Crippen LogP contribution in [0.4, 0.5) is 19.2 Å². The van der Waals surface area contributed by atoms with Gasteiger partial charge in [0, 0.05) is 25.7 Å². The third-order valence-corrected chi connectivity index (χ3v) is 20.6. The van der Waals surface area contributed by atoms with Gasteiger partial charge in [-0.05, 0) is 143 Å². The minimum absolute atomic E-state index is 0.0892. The number of rotatable bonds is 16. The van der Waals surface area contributed by atoms with Crippen LogP contribution in [0.5, 0.6) is 0 Å². The lowest BCUT2D eigenvalue weighted by molar-refractivity contribution is -0.130. The van der Waals surface area contributed by atoms with E-state index in [-0.39, 0.29) is 97.4 Å². The number of amides is 4. The zero-order valence-electron chi connectivity index (χ0n) is 54.9. The molecule has 0 aliphatic heterocycles. The van der Waals surface area contributed by atoms with Crippen LogP contribution in [0.3, 0.4) is 0 Å². The first-order valence-electron chi connectivity index (χ1n) is 34.7. The van der Waals surface area contributed by atoms with Gasteiger partial charge in [0.05, 0.1) is 24.2 Å². The second kappa shape index (κ2) is 34.5. The highest BCUT2D eigenvalue weighted by Crippen LogP contribution is 2.37. The van der Waals surface area contributed by atoms with Gasteiger partial charge in [0.15, 0.2) is 23.1 Å². The lowest BCUT2D eigenvalue weighted by Gasteiger charge is -2.32. The molecule has 8 aliphatic rings. The standard InChI is InChI=1S/4C19H25NO3/c4*1-13-11-17(21)18(13)20-19(22)23-12-14-7-9-16(10-8-14)15-5-3-2-4-6-15/h4*7-10,13,15,18H,2-6,11-12H2,1H3,(H,20,22)/t2*13-,18+;2*13-,18-/m1010/s1. The smallest absolute Gasteiger partial charge is 0.408 e. The molecule has 0 unspecified atom stereocenters. The van der Waals surface area contributed by atoms with E-state index in [9.17, 15) is 38.4 Å². The van der Waals surface area contributed by atoms with Crippen molar-refractivity contribution in [2.45, 2.75) is 256 Å². The molecule has 496 valence electrons. The Balaban J connectivity index is 0.000000145. The van der Waals surface area contributed by atoms with Gasteiger partial charge >= 0.3 is 24.4 Å². The number of Topliss-reactive ketones (excluding diaryl/α,β-unsaturated/α-hetero) is 4. The number of ether oxygens (including phenoxy) is 4. The zero-order valence-corrected chi connectivity index (χ0v) is 54.9. The highest BCUT2D eigenvalue weighted by Gasteiger charge is 2.40. The molecule has 8 saturated carbocycles. The summed E-state index contributed by atoms with van der Waals surface area (Å²) >= 11 is 0. The number of hydrogen-bond acceptors (Lipinski definition) is 12. The molecule has 12 rings (SSSR count). The van der Waals surface area contributed by atoms with Gasteiger partial charge in [0.1, 0.15) is 26.4 Å². The van der Waals surface area contributed by atoms with E-state index in [1.54, 1.807) is 0 Å². The van der Waals surface area contributed by atoms with Crippen molar-refractivity contribution in [2.24, 2.45) is 23.7 Å². The van der Waals surface area contributed by atoms with Crippen LogP contribution in [0.2, 0.25) is 0 Å². The average Bonchev–Trinajstić information content (AvgIpc) is 1.000. The first kappa shape index (κ1) is 69.0. The SMILES string of the molecule is C[C@@H]1CC(=O)[C@@H]1NC(=O)OCc1ccc(C2CCCCC2)cc1.C[C@@H]1CC(=O)[C@H]1NC(=O)OCc1ccc(C2CCCCC2)cc1.C[C@H]1CC(=O)[C@@H]1NC(=O)OCc1ccc(C2CCCCC2)cc1.C[C@H]1CC(=O)[C@H]1NC(=O)OCc1ccc(C2CCCCC2)cc1. The van der Waals surface area contributed by atoms with Crippen molar-refractivity contribution < 1.29 is 57.3 Å². The molecule has 8 atom stereocenters. The Labute approximate surface area is 544 Å². The second-order valence-corrected chi connectivity index (χ2v) is 27.7. The Morgan fingerprint density at radius 1 is 0.293 bits per heavy atom. The molecule has 0 saturated heterocycles. The van der Waals surface area contributed by atoms with Crippen LogP contribution in [0.15, 0.2) is 97.1 Å². The van der Waals surface area contributed by atoms with E-state index in [0.717, 1.165) is 22.3 Å². The van der Waals surface area contributed by atoms with E-state index < -0.39 is 24.4 Å². The summed E-state index contributed by atoms with van der Waals surface area (Å²) in [6, 6.07) is 32.1. The molecule has 92 heavy (non-hydrogen) atoms.